The van der Waals surface area contributed by atoms with Crippen molar-refractivity contribution in [2.45, 2.75) is 45.3 Å². The number of methoxy groups -OCH3 is 2. The molecule has 0 aromatic heterocycles. The first kappa shape index (κ1) is 25.6. The van der Waals surface area contributed by atoms with Crippen LogP contribution in [0.25, 0.3) is 17.2 Å². The van der Waals surface area contributed by atoms with Crippen molar-refractivity contribution < 1.29 is 19.4 Å². The summed E-state index contributed by atoms with van der Waals surface area (Å²) in [5, 5.41) is 9.83. The Labute approximate surface area is 213 Å². The molecule has 36 heavy (non-hydrogen) atoms. The van der Waals surface area contributed by atoms with Crippen LogP contribution in [0.4, 0.5) is 0 Å². The Kier molecular flexibility index (Phi) is 7.58. The van der Waals surface area contributed by atoms with Crippen LogP contribution >= 0.6 is 0 Å². The standard InChI is InChI=1S/C32H34O4/c1-21-10-13-23(14-11-21)26-16-17-32(2,3)29-15-12-22(19-28(26)29)18-24(20-30(35-4)36-5)25-8-6-7-9-27(25)31(33)34/h6-16,18-19,30H,17,20H2,1-5H3,(H,33,34). The number of carboxylic acid groups (broad SMARTS) is 1. The average molecular weight is 483 g/mol. The van der Waals surface area contributed by atoms with Gasteiger partial charge in [-0.05, 0) is 69.9 Å². The molecule has 0 spiro atoms. The molecule has 0 atom stereocenters. The molecule has 0 heterocycles. The predicted molar refractivity (Wildman–Crippen MR) is 146 cm³/mol. The Morgan fingerprint density at radius 3 is 2.31 bits per heavy atom. The zero-order chi connectivity index (χ0) is 25.9. The summed E-state index contributed by atoms with van der Waals surface area (Å²) in [6.07, 6.45) is 5.30. The van der Waals surface area contributed by atoms with Crippen LogP contribution in [-0.4, -0.2) is 31.6 Å². The summed E-state index contributed by atoms with van der Waals surface area (Å²) >= 11 is 0. The van der Waals surface area contributed by atoms with Gasteiger partial charge in [0.05, 0.1) is 5.56 Å². The lowest BCUT2D eigenvalue weighted by molar-refractivity contribution is -0.0970. The van der Waals surface area contributed by atoms with E-state index in [0.717, 1.165) is 17.6 Å². The third kappa shape index (κ3) is 5.35. The summed E-state index contributed by atoms with van der Waals surface area (Å²) in [4.78, 5) is 12.0. The predicted octanol–water partition coefficient (Wildman–Crippen LogP) is 7.36. The van der Waals surface area contributed by atoms with Gasteiger partial charge in [0.2, 0.25) is 0 Å². The number of fused-ring (bicyclic) bond motifs is 1. The fourth-order valence-electron chi connectivity index (χ4n) is 4.89. The maximum atomic E-state index is 12.0. The second kappa shape index (κ2) is 10.7. The highest BCUT2D eigenvalue weighted by atomic mass is 16.7. The highest BCUT2D eigenvalue weighted by molar-refractivity contribution is 5.97. The van der Waals surface area contributed by atoms with Crippen molar-refractivity contribution in [2.24, 2.45) is 0 Å². The topological polar surface area (TPSA) is 55.8 Å². The van der Waals surface area contributed by atoms with E-state index in [1.165, 1.54) is 27.8 Å². The van der Waals surface area contributed by atoms with Gasteiger partial charge in [-0.15, -0.1) is 0 Å². The number of ether oxygens (including phenoxy) is 2. The van der Waals surface area contributed by atoms with Gasteiger partial charge in [0.15, 0.2) is 6.29 Å². The Bertz CT molecular complexity index is 1310. The SMILES string of the molecule is COC(CC(=Cc1ccc2c(c1)C(c1ccc(C)cc1)=CCC2(C)C)c1ccccc1C(=O)O)OC. The number of aromatic carboxylic acids is 1. The van der Waals surface area contributed by atoms with Crippen LogP contribution in [0.15, 0.2) is 72.8 Å². The van der Waals surface area contributed by atoms with Gasteiger partial charge in [0, 0.05) is 20.6 Å². The minimum atomic E-state index is -0.959. The lowest BCUT2D eigenvalue weighted by atomic mass is 9.72. The number of allylic oxidation sites excluding steroid dienone is 1. The first-order valence-electron chi connectivity index (χ1n) is 12.2. The van der Waals surface area contributed by atoms with Gasteiger partial charge in [0.1, 0.15) is 0 Å². The number of benzene rings is 3. The van der Waals surface area contributed by atoms with Crippen LogP contribution in [0.2, 0.25) is 0 Å². The summed E-state index contributed by atoms with van der Waals surface area (Å²) in [5.41, 5.74) is 9.00. The molecular formula is C32H34O4. The zero-order valence-electron chi connectivity index (χ0n) is 21.7. The van der Waals surface area contributed by atoms with E-state index < -0.39 is 12.3 Å². The molecule has 1 aliphatic rings. The van der Waals surface area contributed by atoms with E-state index in [4.69, 9.17) is 9.47 Å². The van der Waals surface area contributed by atoms with Crippen molar-refractivity contribution in [1.29, 1.82) is 0 Å². The molecule has 0 amide bonds. The minimum absolute atomic E-state index is 0.0295. The molecule has 4 heteroatoms. The summed E-state index contributed by atoms with van der Waals surface area (Å²) in [6, 6.07) is 22.3. The molecule has 4 nitrogen and oxygen atoms in total. The van der Waals surface area contributed by atoms with Crippen molar-refractivity contribution in [1.82, 2.24) is 0 Å². The van der Waals surface area contributed by atoms with Crippen LogP contribution in [0.1, 0.15) is 70.4 Å². The molecule has 1 aliphatic carbocycles. The Balaban J connectivity index is 1.86. The van der Waals surface area contributed by atoms with Crippen LogP contribution in [-0.2, 0) is 14.9 Å². The van der Waals surface area contributed by atoms with Gasteiger partial charge >= 0.3 is 5.97 Å². The van der Waals surface area contributed by atoms with Crippen LogP contribution in [0.3, 0.4) is 0 Å². The molecule has 0 saturated carbocycles. The molecule has 0 fully saturated rings. The number of carboxylic acids is 1. The minimum Gasteiger partial charge on any atom is -0.478 e. The fourth-order valence-corrected chi connectivity index (χ4v) is 4.89. The van der Waals surface area contributed by atoms with E-state index in [0.29, 0.717) is 12.0 Å². The average Bonchev–Trinajstić information content (AvgIpc) is 2.87. The van der Waals surface area contributed by atoms with E-state index in [1.54, 1.807) is 26.4 Å². The van der Waals surface area contributed by atoms with Gasteiger partial charge < -0.3 is 14.6 Å². The number of carbonyl (C=O) groups is 1. The lowest BCUT2D eigenvalue weighted by Crippen LogP contribution is -2.22. The van der Waals surface area contributed by atoms with Gasteiger partial charge in [-0.1, -0.05) is 86.2 Å². The van der Waals surface area contributed by atoms with Crippen LogP contribution in [0.5, 0.6) is 0 Å². The molecule has 186 valence electrons. The molecule has 3 aromatic carbocycles. The third-order valence-corrected chi connectivity index (χ3v) is 7.00. The van der Waals surface area contributed by atoms with E-state index >= 15 is 0 Å². The monoisotopic (exact) mass is 482 g/mol. The lowest BCUT2D eigenvalue weighted by Gasteiger charge is -2.32. The number of aryl methyl sites for hydroxylation is 1. The van der Waals surface area contributed by atoms with Crippen molar-refractivity contribution in [2.75, 3.05) is 14.2 Å². The van der Waals surface area contributed by atoms with E-state index in [2.05, 4.69) is 75.4 Å². The molecule has 0 unspecified atom stereocenters. The van der Waals surface area contributed by atoms with E-state index in [9.17, 15) is 9.90 Å². The molecule has 3 aromatic rings. The highest BCUT2D eigenvalue weighted by Gasteiger charge is 2.28. The second-order valence-electron chi connectivity index (χ2n) is 10.0. The summed E-state index contributed by atoms with van der Waals surface area (Å²) < 4.78 is 10.9. The van der Waals surface area contributed by atoms with Crippen molar-refractivity contribution >= 4 is 23.2 Å². The number of rotatable bonds is 8. The molecular weight excluding hydrogens is 448 g/mol. The van der Waals surface area contributed by atoms with Crippen LogP contribution < -0.4 is 0 Å². The first-order chi connectivity index (χ1) is 17.2. The Hall–Kier alpha value is -3.47. The fraction of sp³-hybridized carbons (Fsp3) is 0.281. The van der Waals surface area contributed by atoms with Crippen molar-refractivity contribution in [3.63, 3.8) is 0 Å². The number of hydrogen-bond acceptors (Lipinski definition) is 3. The normalized spacial score (nSPS) is 14.9. The molecule has 4 rings (SSSR count). The van der Waals surface area contributed by atoms with Gasteiger partial charge in [-0.3, -0.25) is 0 Å². The maximum Gasteiger partial charge on any atom is 0.336 e. The molecule has 1 N–H and O–H groups in total. The van der Waals surface area contributed by atoms with Crippen molar-refractivity contribution in [3.05, 3.63) is 112 Å². The van der Waals surface area contributed by atoms with Gasteiger partial charge in [0.25, 0.3) is 0 Å². The van der Waals surface area contributed by atoms with Gasteiger partial charge in [-0.25, -0.2) is 4.79 Å². The molecule has 0 aliphatic heterocycles. The summed E-state index contributed by atoms with van der Waals surface area (Å²) in [7, 11) is 3.18. The molecule has 0 saturated heterocycles. The first-order valence-corrected chi connectivity index (χ1v) is 12.2. The smallest absolute Gasteiger partial charge is 0.336 e. The Morgan fingerprint density at radius 2 is 1.67 bits per heavy atom. The van der Waals surface area contributed by atoms with Crippen LogP contribution in [0, 0.1) is 6.92 Å². The highest BCUT2D eigenvalue weighted by Crippen LogP contribution is 2.42. The van der Waals surface area contributed by atoms with Crippen molar-refractivity contribution in [3.8, 4) is 0 Å². The summed E-state index contributed by atoms with van der Waals surface area (Å²) in [6.45, 7) is 6.66. The van der Waals surface area contributed by atoms with E-state index in [1.807, 2.05) is 12.1 Å². The van der Waals surface area contributed by atoms with Gasteiger partial charge in [-0.2, -0.15) is 0 Å². The largest absolute Gasteiger partial charge is 0.478 e. The second-order valence-corrected chi connectivity index (χ2v) is 10.0. The zero-order valence-corrected chi connectivity index (χ0v) is 21.7. The number of hydrogen-bond donors (Lipinski definition) is 1. The quantitative estimate of drug-likeness (QED) is 0.269. The molecule has 0 bridgehead atoms. The maximum absolute atomic E-state index is 12.0. The molecule has 0 radical (unpaired) electrons. The summed E-state index contributed by atoms with van der Waals surface area (Å²) in [5.74, 6) is -0.959. The Morgan fingerprint density at radius 1 is 1.00 bits per heavy atom. The third-order valence-electron chi connectivity index (χ3n) is 7.00. The van der Waals surface area contributed by atoms with E-state index in [-0.39, 0.29) is 11.0 Å².